The van der Waals surface area contributed by atoms with E-state index in [1.165, 1.54) is 7.11 Å². The Labute approximate surface area is 135 Å². The third kappa shape index (κ3) is 2.87. The van der Waals surface area contributed by atoms with Crippen molar-refractivity contribution in [2.75, 3.05) is 7.11 Å². The summed E-state index contributed by atoms with van der Waals surface area (Å²) in [6, 6.07) is 15.9. The van der Waals surface area contributed by atoms with E-state index in [4.69, 9.17) is 9.15 Å². The molecule has 0 spiro atoms. The van der Waals surface area contributed by atoms with E-state index in [9.17, 15) is 4.79 Å². The Hall–Kier alpha value is -2.55. The van der Waals surface area contributed by atoms with Crippen LogP contribution in [0, 0.1) is 0 Å². The van der Waals surface area contributed by atoms with Crippen molar-refractivity contribution in [3.8, 4) is 11.1 Å². The van der Waals surface area contributed by atoms with Gasteiger partial charge < -0.3 is 9.15 Å². The van der Waals surface area contributed by atoms with Crippen LogP contribution in [-0.4, -0.2) is 13.1 Å². The maximum Gasteiger partial charge on any atom is 0.341 e. The quantitative estimate of drug-likeness (QED) is 0.612. The zero-order valence-electron chi connectivity index (χ0n) is 13.8. The van der Waals surface area contributed by atoms with Crippen LogP contribution in [-0.2, 0) is 10.2 Å². The molecule has 0 aliphatic rings. The van der Waals surface area contributed by atoms with Gasteiger partial charge >= 0.3 is 5.97 Å². The Morgan fingerprint density at radius 2 is 1.70 bits per heavy atom. The first-order valence-electron chi connectivity index (χ1n) is 7.62. The lowest BCUT2D eigenvalue weighted by atomic mass is 9.93. The fourth-order valence-electron chi connectivity index (χ4n) is 2.58. The molecule has 1 aromatic heterocycles. The van der Waals surface area contributed by atoms with Gasteiger partial charge in [0, 0.05) is 10.8 Å². The summed E-state index contributed by atoms with van der Waals surface area (Å²) in [7, 11) is 1.39. The zero-order chi connectivity index (χ0) is 16.6. The maximum absolute atomic E-state index is 12.2. The van der Waals surface area contributed by atoms with E-state index >= 15 is 0 Å². The summed E-state index contributed by atoms with van der Waals surface area (Å²) in [5.41, 5.74) is 2.94. The molecular weight excluding hydrogens is 288 g/mol. The lowest BCUT2D eigenvalue weighted by Gasteiger charge is -2.13. The number of benzene rings is 2. The number of rotatable bonds is 2. The zero-order valence-corrected chi connectivity index (χ0v) is 13.8. The van der Waals surface area contributed by atoms with Crippen molar-refractivity contribution in [1.82, 2.24) is 0 Å². The van der Waals surface area contributed by atoms with Gasteiger partial charge in [0.2, 0.25) is 0 Å². The van der Waals surface area contributed by atoms with Crippen molar-refractivity contribution in [2.45, 2.75) is 26.2 Å². The molecule has 23 heavy (non-hydrogen) atoms. The van der Waals surface area contributed by atoms with Crippen molar-refractivity contribution in [3.05, 3.63) is 59.9 Å². The van der Waals surface area contributed by atoms with E-state index in [0.717, 1.165) is 22.3 Å². The van der Waals surface area contributed by atoms with Crippen molar-refractivity contribution in [1.29, 1.82) is 0 Å². The smallest absolute Gasteiger partial charge is 0.341 e. The number of carbonyl (C=O) groups is 1. The molecule has 2 aromatic carbocycles. The van der Waals surface area contributed by atoms with Crippen molar-refractivity contribution in [3.63, 3.8) is 0 Å². The maximum atomic E-state index is 12.2. The SMILES string of the molecule is COC(=O)c1cc(-c2ccccc2)cc2cc(C(C)(C)C)oc12. The minimum atomic E-state index is -0.386. The van der Waals surface area contributed by atoms with Gasteiger partial charge in [-0.25, -0.2) is 4.79 Å². The molecule has 3 heteroatoms. The summed E-state index contributed by atoms with van der Waals surface area (Å²) in [5, 5.41) is 0.914. The molecule has 0 aliphatic carbocycles. The normalized spacial score (nSPS) is 11.7. The number of furan rings is 1. The molecule has 3 aromatic rings. The molecule has 0 amide bonds. The van der Waals surface area contributed by atoms with Crippen molar-refractivity contribution in [2.24, 2.45) is 0 Å². The van der Waals surface area contributed by atoms with Crippen LogP contribution in [0.3, 0.4) is 0 Å². The number of methoxy groups -OCH3 is 1. The molecular formula is C20H20O3. The summed E-state index contributed by atoms with van der Waals surface area (Å²) in [6.45, 7) is 6.25. The van der Waals surface area contributed by atoms with Crippen LogP contribution in [0.4, 0.5) is 0 Å². The molecule has 0 unspecified atom stereocenters. The molecule has 0 saturated carbocycles. The summed E-state index contributed by atoms with van der Waals surface area (Å²) in [4.78, 5) is 12.2. The number of hydrogen-bond donors (Lipinski definition) is 0. The van der Waals surface area contributed by atoms with E-state index in [1.807, 2.05) is 42.5 Å². The molecule has 3 rings (SSSR count). The van der Waals surface area contributed by atoms with Gasteiger partial charge in [-0.3, -0.25) is 0 Å². The first-order chi connectivity index (χ1) is 10.9. The minimum absolute atomic E-state index is 0.126. The molecule has 0 fully saturated rings. The third-order valence-corrected chi connectivity index (χ3v) is 3.87. The van der Waals surface area contributed by atoms with E-state index in [0.29, 0.717) is 11.1 Å². The van der Waals surface area contributed by atoms with Crippen molar-refractivity contribution < 1.29 is 13.9 Å². The predicted octanol–water partition coefficient (Wildman–Crippen LogP) is 5.18. The Morgan fingerprint density at radius 3 is 2.30 bits per heavy atom. The second kappa shape index (κ2) is 5.58. The lowest BCUT2D eigenvalue weighted by molar-refractivity contribution is 0.0601. The van der Waals surface area contributed by atoms with Gasteiger partial charge in [0.05, 0.1) is 7.11 Å². The molecule has 0 radical (unpaired) electrons. The second-order valence-electron chi connectivity index (χ2n) is 6.66. The van der Waals surface area contributed by atoms with Gasteiger partial charge in [0.1, 0.15) is 16.9 Å². The number of ether oxygens (including phenoxy) is 1. The monoisotopic (exact) mass is 308 g/mol. The topological polar surface area (TPSA) is 39.4 Å². The van der Waals surface area contributed by atoms with E-state index in [2.05, 4.69) is 26.8 Å². The van der Waals surface area contributed by atoms with Gasteiger partial charge in [-0.05, 0) is 29.3 Å². The van der Waals surface area contributed by atoms with Crippen LogP contribution >= 0.6 is 0 Å². The standard InChI is InChI=1S/C20H20O3/c1-20(2,3)17-12-15-10-14(13-8-6-5-7-9-13)11-16(18(15)23-17)19(21)22-4/h5-12H,1-4H3. The fraction of sp³-hybridized carbons (Fsp3) is 0.250. The van der Waals surface area contributed by atoms with Crippen LogP contribution in [0.15, 0.2) is 52.9 Å². The molecule has 0 aliphatic heterocycles. The molecule has 3 nitrogen and oxygen atoms in total. The predicted molar refractivity (Wildman–Crippen MR) is 91.7 cm³/mol. The van der Waals surface area contributed by atoms with Gasteiger partial charge in [0.15, 0.2) is 0 Å². The highest BCUT2D eigenvalue weighted by atomic mass is 16.5. The van der Waals surface area contributed by atoms with Crippen LogP contribution < -0.4 is 0 Å². The van der Waals surface area contributed by atoms with Crippen LogP contribution in [0.1, 0.15) is 36.9 Å². The highest BCUT2D eigenvalue weighted by Crippen LogP contribution is 2.34. The summed E-state index contributed by atoms with van der Waals surface area (Å²) >= 11 is 0. The Bertz CT molecular complexity index is 852. The summed E-state index contributed by atoms with van der Waals surface area (Å²) in [5.74, 6) is 0.463. The summed E-state index contributed by atoms with van der Waals surface area (Å²) in [6.07, 6.45) is 0. The summed E-state index contributed by atoms with van der Waals surface area (Å²) < 4.78 is 10.9. The molecule has 0 N–H and O–H groups in total. The van der Waals surface area contributed by atoms with Gasteiger partial charge in [-0.2, -0.15) is 0 Å². The average Bonchev–Trinajstić information content (AvgIpc) is 2.98. The average molecular weight is 308 g/mol. The van der Waals surface area contributed by atoms with E-state index in [1.54, 1.807) is 0 Å². The van der Waals surface area contributed by atoms with Crippen molar-refractivity contribution >= 4 is 16.9 Å². The van der Waals surface area contributed by atoms with Crippen LogP contribution in [0.25, 0.3) is 22.1 Å². The van der Waals surface area contributed by atoms with Gasteiger partial charge in [0.25, 0.3) is 0 Å². The Balaban J connectivity index is 2.27. The molecule has 1 heterocycles. The number of hydrogen-bond acceptors (Lipinski definition) is 3. The highest BCUT2D eigenvalue weighted by molar-refractivity contribution is 6.04. The number of fused-ring (bicyclic) bond motifs is 1. The van der Waals surface area contributed by atoms with E-state index in [-0.39, 0.29) is 11.4 Å². The van der Waals surface area contributed by atoms with Gasteiger partial charge in [-0.15, -0.1) is 0 Å². The highest BCUT2D eigenvalue weighted by Gasteiger charge is 2.23. The molecule has 0 bridgehead atoms. The first kappa shape index (κ1) is 15.3. The Morgan fingerprint density at radius 1 is 1.00 bits per heavy atom. The third-order valence-electron chi connectivity index (χ3n) is 3.87. The lowest BCUT2D eigenvalue weighted by Crippen LogP contribution is -2.09. The minimum Gasteiger partial charge on any atom is -0.465 e. The van der Waals surface area contributed by atoms with Gasteiger partial charge in [-0.1, -0.05) is 51.1 Å². The molecule has 0 atom stereocenters. The van der Waals surface area contributed by atoms with E-state index < -0.39 is 0 Å². The number of carbonyl (C=O) groups excluding carboxylic acids is 1. The Kier molecular flexibility index (Phi) is 3.72. The second-order valence-corrected chi connectivity index (χ2v) is 6.66. The fourth-order valence-corrected chi connectivity index (χ4v) is 2.58. The van der Waals surface area contributed by atoms with Crippen LogP contribution in [0.5, 0.6) is 0 Å². The molecule has 118 valence electrons. The first-order valence-corrected chi connectivity index (χ1v) is 7.62. The molecule has 0 saturated heterocycles. The largest absolute Gasteiger partial charge is 0.465 e. The van der Waals surface area contributed by atoms with Crippen LogP contribution in [0.2, 0.25) is 0 Å². The number of esters is 1.